The first-order valence-corrected chi connectivity index (χ1v) is 8.53. The number of benzene rings is 1. The van der Waals surface area contributed by atoms with Gasteiger partial charge >= 0.3 is 17.9 Å². The Balaban J connectivity index is 3.16. The minimum Gasteiger partial charge on any atom is -0.473 e. The monoisotopic (exact) mass is 410 g/mol. The predicted molar refractivity (Wildman–Crippen MR) is 93.6 cm³/mol. The van der Waals surface area contributed by atoms with E-state index in [4.69, 9.17) is 44.6 Å². The molecule has 0 fully saturated rings. The van der Waals surface area contributed by atoms with Crippen LogP contribution < -0.4 is 4.74 Å². The minimum absolute atomic E-state index is 0.0660. The highest BCUT2D eigenvalue weighted by atomic mass is 35.5. The quantitative estimate of drug-likeness (QED) is 0.321. The molecular formula is C16H17Cl3O6. The highest BCUT2D eigenvalue weighted by Gasteiger charge is 2.28. The van der Waals surface area contributed by atoms with Gasteiger partial charge in [0.1, 0.15) is 5.56 Å². The second-order valence-corrected chi connectivity index (χ2v) is 6.71. The van der Waals surface area contributed by atoms with E-state index in [9.17, 15) is 14.4 Å². The van der Waals surface area contributed by atoms with Gasteiger partial charge in [0.05, 0.1) is 21.7 Å². The number of carbonyl (C=O) groups excluding carboxylic acids is 2. The molecule has 0 aromatic heterocycles. The topological polar surface area (TPSA) is 89.9 Å². The molecule has 0 bridgehead atoms. The Kier molecular flexibility index (Phi) is 7.99. The average Bonchev–Trinajstić information content (AvgIpc) is 2.56. The van der Waals surface area contributed by atoms with Crippen molar-refractivity contribution in [2.75, 3.05) is 6.61 Å². The molecule has 2 unspecified atom stereocenters. The fourth-order valence-corrected chi connectivity index (χ4v) is 2.56. The number of esters is 2. The van der Waals surface area contributed by atoms with Crippen LogP contribution in [0.4, 0.5) is 0 Å². The van der Waals surface area contributed by atoms with Crippen molar-refractivity contribution < 1.29 is 29.0 Å². The van der Waals surface area contributed by atoms with Crippen molar-refractivity contribution in [3.05, 3.63) is 26.7 Å². The summed E-state index contributed by atoms with van der Waals surface area (Å²) in [4.78, 5) is 34.4. The SMILES string of the molecule is CCC(C)C(C)COC(=O)c1c(Cl)c(Cl)cc(Cl)c1OC(=O)C(=O)O. The van der Waals surface area contributed by atoms with Crippen LogP contribution in [0.2, 0.25) is 15.1 Å². The first kappa shape index (κ1) is 21.5. The standard InChI is InChI=1S/C16H17Cl3O6/c1-4-7(2)8(3)6-24-15(22)11-12(19)9(17)5-10(18)13(11)25-16(23)14(20)21/h5,7-8H,4,6H2,1-3H3,(H,20,21). The van der Waals surface area contributed by atoms with Gasteiger partial charge in [-0.05, 0) is 17.9 Å². The molecule has 0 saturated carbocycles. The molecule has 0 spiro atoms. The second kappa shape index (κ2) is 9.27. The van der Waals surface area contributed by atoms with Gasteiger partial charge in [0, 0.05) is 0 Å². The number of carboxylic acid groups (broad SMARTS) is 1. The zero-order chi connectivity index (χ0) is 19.3. The maximum absolute atomic E-state index is 12.4. The Hall–Kier alpha value is -1.50. The molecule has 138 valence electrons. The number of aliphatic carboxylic acids is 1. The second-order valence-electron chi connectivity index (χ2n) is 5.51. The summed E-state index contributed by atoms with van der Waals surface area (Å²) >= 11 is 17.8. The third kappa shape index (κ3) is 5.49. The lowest BCUT2D eigenvalue weighted by atomic mass is 9.94. The molecular weight excluding hydrogens is 395 g/mol. The Morgan fingerprint density at radius 2 is 1.72 bits per heavy atom. The number of hydrogen-bond acceptors (Lipinski definition) is 5. The summed E-state index contributed by atoms with van der Waals surface area (Å²) in [6.07, 6.45) is 0.907. The normalized spacial score (nSPS) is 13.0. The van der Waals surface area contributed by atoms with E-state index in [-0.39, 0.29) is 27.6 Å². The van der Waals surface area contributed by atoms with Crippen molar-refractivity contribution in [2.45, 2.75) is 27.2 Å². The van der Waals surface area contributed by atoms with E-state index in [0.717, 1.165) is 12.5 Å². The van der Waals surface area contributed by atoms with E-state index < -0.39 is 29.2 Å². The van der Waals surface area contributed by atoms with Gasteiger partial charge in [0.25, 0.3) is 0 Å². The van der Waals surface area contributed by atoms with E-state index in [1.54, 1.807) is 0 Å². The van der Waals surface area contributed by atoms with E-state index in [0.29, 0.717) is 5.92 Å². The summed E-state index contributed by atoms with van der Waals surface area (Å²) in [5.41, 5.74) is -0.398. The van der Waals surface area contributed by atoms with Gasteiger partial charge in [-0.3, -0.25) is 0 Å². The zero-order valence-corrected chi connectivity index (χ0v) is 16.0. The van der Waals surface area contributed by atoms with Crippen LogP contribution in [0.25, 0.3) is 0 Å². The van der Waals surface area contributed by atoms with Crippen LogP contribution in [0.3, 0.4) is 0 Å². The third-order valence-electron chi connectivity index (χ3n) is 3.79. The lowest BCUT2D eigenvalue weighted by Crippen LogP contribution is -2.22. The van der Waals surface area contributed by atoms with Crippen LogP contribution in [0.5, 0.6) is 5.75 Å². The number of halogens is 3. The molecule has 9 heteroatoms. The molecule has 0 aliphatic heterocycles. The van der Waals surface area contributed by atoms with E-state index in [1.165, 1.54) is 0 Å². The maximum atomic E-state index is 12.4. The van der Waals surface area contributed by atoms with Gasteiger partial charge in [0.2, 0.25) is 0 Å². The molecule has 0 amide bonds. The number of ether oxygens (including phenoxy) is 2. The van der Waals surface area contributed by atoms with Crippen molar-refractivity contribution in [1.29, 1.82) is 0 Å². The molecule has 0 radical (unpaired) electrons. The van der Waals surface area contributed by atoms with Gasteiger partial charge < -0.3 is 14.6 Å². The van der Waals surface area contributed by atoms with Crippen molar-refractivity contribution in [1.82, 2.24) is 0 Å². The largest absolute Gasteiger partial charge is 0.473 e. The molecule has 1 rings (SSSR count). The number of carboxylic acids is 1. The minimum atomic E-state index is -1.85. The Morgan fingerprint density at radius 3 is 2.24 bits per heavy atom. The van der Waals surface area contributed by atoms with Crippen molar-refractivity contribution in [3.8, 4) is 5.75 Å². The number of carbonyl (C=O) groups is 3. The molecule has 1 N–H and O–H groups in total. The Bertz CT molecular complexity index is 689. The summed E-state index contributed by atoms with van der Waals surface area (Å²) in [5.74, 6) is -4.51. The van der Waals surface area contributed by atoms with Gasteiger partial charge in [0.15, 0.2) is 5.75 Å². The highest BCUT2D eigenvalue weighted by Crippen LogP contribution is 2.40. The summed E-state index contributed by atoms with van der Waals surface area (Å²) < 4.78 is 9.86. The van der Waals surface area contributed by atoms with Crippen LogP contribution in [-0.4, -0.2) is 29.6 Å². The summed E-state index contributed by atoms with van der Waals surface area (Å²) in [7, 11) is 0. The predicted octanol–water partition coefficient (Wildman–Crippen LogP) is 4.48. The molecule has 1 aromatic rings. The van der Waals surface area contributed by atoms with Gasteiger partial charge in [-0.15, -0.1) is 0 Å². The fraction of sp³-hybridized carbons (Fsp3) is 0.438. The number of rotatable bonds is 6. The molecule has 0 heterocycles. The molecule has 0 aliphatic carbocycles. The van der Waals surface area contributed by atoms with Crippen LogP contribution in [0.1, 0.15) is 37.6 Å². The van der Waals surface area contributed by atoms with Gasteiger partial charge in [-0.25, -0.2) is 14.4 Å². The molecule has 0 aliphatic rings. The lowest BCUT2D eigenvalue weighted by Gasteiger charge is -2.19. The first-order valence-electron chi connectivity index (χ1n) is 7.39. The highest BCUT2D eigenvalue weighted by molar-refractivity contribution is 6.46. The van der Waals surface area contributed by atoms with Crippen molar-refractivity contribution >= 4 is 52.7 Å². The molecule has 1 aromatic carbocycles. The molecule has 0 saturated heterocycles. The maximum Gasteiger partial charge on any atom is 0.422 e. The summed E-state index contributed by atoms with van der Waals surface area (Å²) in [6, 6.07) is 1.13. The van der Waals surface area contributed by atoms with E-state index in [2.05, 4.69) is 4.74 Å². The smallest absolute Gasteiger partial charge is 0.422 e. The Labute approximate surface area is 159 Å². The van der Waals surface area contributed by atoms with Gasteiger partial charge in [-0.1, -0.05) is 62.0 Å². The number of hydrogen-bond donors (Lipinski definition) is 1. The Morgan fingerprint density at radius 1 is 1.12 bits per heavy atom. The molecule has 6 nitrogen and oxygen atoms in total. The van der Waals surface area contributed by atoms with Crippen LogP contribution >= 0.6 is 34.8 Å². The zero-order valence-electron chi connectivity index (χ0n) is 13.8. The van der Waals surface area contributed by atoms with Crippen LogP contribution in [-0.2, 0) is 14.3 Å². The van der Waals surface area contributed by atoms with Crippen molar-refractivity contribution in [2.24, 2.45) is 11.8 Å². The average molecular weight is 412 g/mol. The van der Waals surface area contributed by atoms with Crippen molar-refractivity contribution in [3.63, 3.8) is 0 Å². The van der Waals surface area contributed by atoms with E-state index in [1.807, 2.05) is 20.8 Å². The van der Waals surface area contributed by atoms with Crippen LogP contribution in [0, 0.1) is 11.8 Å². The van der Waals surface area contributed by atoms with Crippen LogP contribution in [0.15, 0.2) is 6.07 Å². The molecule has 2 atom stereocenters. The molecule has 25 heavy (non-hydrogen) atoms. The van der Waals surface area contributed by atoms with E-state index >= 15 is 0 Å². The van der Waals surface area contributed by atoms with Gasteiger partial charge in [-0.2, -0.15) is 0 Å². The fourth-order valence-electron chi connectivity index (χ4n) is 1.84. The first-order chi connectivity index (χ1) is 11.6. The summed E-state index contributed by atoms with van der Waals surface area (Å²) in [6.45, 7) is 6.04. The third-order valence-corrected chi connectivity index (χ3v) is 4.86. The lowest BCUT2D eigenvalue weighted by molar-refractivity contribution is -0.158. The summed E-state index contributed by atoms with van der Waals surface area (Å²) in [5, 5.41) is 8.10.